The Kier molecular flexibility index (Phi) is 7.63. The van der Waals surface area contributed by atoms with Gasteiger partial charge >= 0.3 is 0 Å². The van der Waals surface area contributed by atoms with E-state index >= 15 is 0 Å². The van der Waals surface area contributed by atoms with Gasteiger partial charge in [-0.2, -0.15) is 0 Å². The molecule has 0 spiro atoms. The molecule has 2 rings (SSSR count). The Labute approximate surface area is 116 Å². The van der Waals surface area contributed by atoms with E-state index in [1.54, 1.807) is 0 Å². The minimum absolute atomic E-state index is 0.144. The van der Waals surface area contributed by atoms with Crippen LogP contribution in [0.25, 0.3) is 11.1 Å². The van der Waals surface area contributed by atoms with Gasteiger partial charge in [0.05, 0.1) is 0 Å². The highest BCUT2D eigenvalue weighted by molar-refractivity contribution is 6.25. The molecule has 2 aromatic carbocycles. The van der Waals surface area contributed by atoms with Gasteiger partial charge in [-0.3, -0.25) is 0 Å². The van der Waals surface area contributed by atoms with Gasteiger partial charge in [0.2, 0.25) is 0 Å². The molecular weight excluding hydrogens is 233 g/mol. The van der Waals surface area contributed by atoms with Crippen molar-refractivity contribution in [1.29, 1.82) is 0 Å². The summed E-state index contributed by atoms with van der Waals surface area (Å²) < 4.78 is 0. The smallest absolute Gasteiger partial charge is 0.288 e. The second-order valence-electron chi connectivity index (χ2n) is 4.32. The van der Waals surface area contributed by atoms with Gasteiger partial charge in [0.1, 0.15) is 0 Å². The Hall–Kier alpha value is -1.58. The highest BCUT2D eigenvalue weighted by Gasteiger charge is 1.96. The van der Waals surface area contributed by atoms with Crippen molar-refractivity contribution in [3.8, 4) is 11.1 Å². The molecule has 19 heavy (non-hydrogen) atoms. The van der Waals surface area contributed by atoms with Crippen molar-refractivity contribution in [3.05, 3.63) is 60.7 Å². The summed E-state index contributed by atoms with van der Waals surface area (Å²) in [6, 6.07) is 20.9. The largest absolute Gasteiger partial charge is 0.454 e. The Balaban J connectivity index is 0.000000224. The zero-order chi connectivity index (χ0) is 13.9. The van der Waals surface area contributed by atoms with E-state index in [2.05, 4.69) is 48.5 Å². The van der Waals surface area contributed by atoms with Crippen molar-refractivity contribution in [3.63, 3.8) is 0 Å². The van der Waals surface area contributed by atoms with Crippen LogP contribution in [0.15, 0.2) is 60.7 Å². The summed E-state index contributed by atoms with van der Waals surface area (Å²) in [6.45, 7) is 1.99. The van der Waals surface area contributed by atoms with Crippen LogP contribution in [0.1, 0.15) is 13.3 Å². The van der Waals surface area contributed by atoms with E-state index in [1.165, 1.54) is 11.1 Å². The van der Waals surface area contributed by atoms with Crippen LogP contribution in [0.2, 0.25) is 6.32 Å². The average Bonchev–Trinajstić information content (AvgIpc) is 2.50. The van der Waals surface area contributed by atoms with Crippen molar-refractivity contribution in [2.24, 2.45) is 5.73 Å². The third-order valence-electron chi connectivity index (χ3n) is 2.81. The lowest BCUT2D eigenvalue weighted by molar-refractivity contribution is 0.580. The highest BCUT2D eigenvalue weighted by atomic mass is 16.2. The lowest BCUT2D eigenvalue weighted by atomic mass is 9.89. The summed E-state index contributed by atoms with van der Waals surface area (Å²) in [5.74, 6) is 0. The van der Waals surface area contributed by atoms with Crippen LogP contribution in [-0.2, 0) is 0 Å². The molecule has 1 atom stereocenters. The van der Waals surface area contributed by atoms with Crippen LogP contribution in [-0.4, -0.2) is 18.5 Å². The first-order valence-electron chi connectivity index (χ1n) is 6.59. The number of rotatable bonds is 4. The van der Waals surface area contributed by atoms with Crippen molar-refractivity contribution in [1.82, 2.24) is 0 Å². The van der Waals surface area contributed by atoms with Crippen LogP contribution in [0.3, 0.4) is 0 Å². The molecule has 2 nitrogen and oxygen atoms in total. The first-order chi connectivity index (χ1) is 9.27. The van der Waals surface area contributed by atoms with Crippen LogP contribution in [0, 0.1) is 0 Å². The van der Waals surface area contributed by atoms with Crippen LogP contribution in [0.5, 0.6) is 0 Å². The van der Waals surface area contributed by atoms with Crippen molar-refractivity contribution < 1.29 is 5.02 Å². The molecule has 0 heterocycles. The Morgan fingerprint density at radius 2 is 1.37 bits per heavy atom. The fourth-order valence-electron chi connectivity index (χ4n) is 1.56. The molecule has 2 aromatic rings. The number of hydrogen-bond acceptors (Lipinski definition) is 2. The van der Waals surface area contributed by atoms with Gasteiger partial charge in [0, 0.05) is 0 Å². The molecule has 0 saturated heterocycles. The lowest BCUT2D eigenvalue weighted by Crippen LogP contribution is -2.19. The maximum absolute atomic E-state index is 8.16. The molecule has 0 bridgehead atoms. The van der Waals surface area contributed by atoms with Crippen LogP contribution < -0.4 is 5.73 Å². The topological polar surface area (TPSA) is 46.2 Å². The second kappa shape index (κ2) is 9.37. The normalized spacial score (nSPS) is 11.1. The van der Waals surface area contributed by atoms with E-state index in [0.717, 1.165) is 13.9 Å². The summed E-state index contributed by atoms with van der Waals surface area (Å²) in [6.07, 6.45) is 1.54. The molecule has 0 amide bonds. The number of benzene rings is 2. The number of hydrogen-bond donors (Lipinski definition) is 2. The van der Waals surface area contributed by atoms with Gasteiger partial charge in [-0.15, -0.1) is 0 Å². The molecule has 0 aliphatic heterocycles. The summed E-state index contributed by atoms with van der Waals surface area (Å²) >= 11 is 0. The van der Waals surface area contributed by atoms with Crippen molar-refractivity contribution in [2.75, 3.05) is 0 Å². The third-order valence-corrected chi connectivity index (χ3v) is 2.81. The fraction of sp³-hybridized carbons (Fsp3) is 0.250. The molecule has 0 aliphatic carbocycles. The lowest BCUT2D eigenvalue weighted by Gasteiger charge is -2.01. The molecule has 1 radical (unpaired) electrons. The minimum Gasteiger partial charge on any atom is -0.454 e. The van der Waals surface area contributed by atoms with Gasteiger partial charge in [0.25, 0.3) is 7.48 Å². The Morgan fingerprint density at radius 3 is 1.63 bits per heavy atom. The zero-order valence-corrected chi connectivity index (χ0v) is 11.4. The van der Waals surface area contributed by atoms with Crippen molar-refractivity contribution >= 4 is 7.48 Å². The second-order valence-corrected chi connectivity index (χ2v) is 4.32. The summed E-state index contributed by atoms with van der Waals surface area (Å²) in [4.78, 5) is 0. The van der Waals surface area contributed by atoms with Crippen molar-refractivity contribution in [2.45, 2.75) is 25.7 Å². The minimum atomic E-state index is 0.144. The van der Waals surface area contributed by atoms with E-state index in [4.69, 9.17) is 10.8 Å². The van der Waals surface area contributed by atoms with E-state index < -0.39 is 0 Å². The SMILES string of the molecule is CCC(N)C[B]O.c1ccc(-c2ccccc2)cc1. The fourth-order valence-corrected chi connectivity index (χ4v) is 1.56. The predicted octanol–water partition coefficient (Wildman–Crippen LogP) is 3.11. The number of nitrogens with two attached hydrogens (primary N) is 1. The zero-order valence-electron chi connectivity index (χ0n) is 11.4. The van der Waals surface area contributed by atoms with Crippen LogP contribution in [0.4, 0.5) is 0 Å². The molecule has 0 aromatic heterocycles. The Morgan fingerprint density at radius 1 is 0.947 bits per heavy atom. The van der Waals surface area contributed by atoms with E-state index in [0.29, 0.717) is 6.32 Å². The van der Waals surface area contributed by atoms with Gasteiger partial charge < -0.3 is 10.8 Å². The summed E-state index contributed by atoms with van der Waals surface area (Å²) in [5.41, 5.74) is 7.94. The molecular formula is C16H21BNO. The van der Waals surface area contributed by atoms with Crippen LogP contribution >= 0.6 is 0 Å². The van der Waals surface area contributed by atoms with E-state index in [1.807, 2.05) is 19.1 Å². The molecule has 0 saturated carbocycles. The molecule has 0 aliphatic rings. The summed E-state index contributed by atoms with van der Waals surface area (Å²) in [5, 5.41) is 8.16. The van der Waals surface area contributed by atoms with Gasteiger partial charge in [-0.05, 0) is 29.9 Å². The molecule has 3 heteroatoms. The monoisotopic (exact) mass is 254 g/mol. The highest BCUT2D eigenvalue weighted by Crippen LogP contribution is 2.17. The first-order valence-corrected chi connectivity index (χ1v) is 6.59. The third kappa shape index (κ3) is 6.23. The maximum atomic E-state index is 8.16. The van der Waals surface area contributed by atoms with E-state index in [9.17, 15) is 0 Å². The van der Waals surface area contributed by atoms with Gasteiger partial charge in [0.15, 0.2) is 0 Å². The molecule has 3 N–H and O–H groups in total. The molecule has 0 fully saturated rings. The average molecular weight is 254 g/mol. The Bertz CT molecular complexity index is 396. The quantitative estimate of drug-likeness (QED) is 0.823. The standard InChI is InChI=1S/C12H10.C4H11BNO/c1-3-7-11(8-4-1)12-9-5-2-6-10-12;1-2-4(6)3-5-7/h1-10H;4,7H,2-3,6H2,1H3. The molecule has 99 valence electrons. The summed E-state index contributed by atoms with van der Waals surface area (Å²) in [7, 11) is 1.11. The predicted molar refractivity (Wildman–Crippen MR) is 82.9 cm³/mol. The van der Waals surface area contributed by atoms with E-state index in [-0.39, 0.29) is 6.04 Å². The maximum Gasteiger partial charge on any atom is 0.288 e. The molecule has 1 unspecified atom stereocenters. The van der Waals surface area contributed by atoms with Gasteiger partial charge in [-0.1, -0.05) is 67.6 Å². The van der Waals surface area contributed by atoms with Gasteiger partial charge in [-0.25, -0.2) is 0 Å². The first kappa shape index (κ1) is 15.5.